The summed E-state index contributed by atoms with van der Waals surface area (Å²) in [6, 6.07) is 17.1. The molecule has 1 N–H and O–H groups in total. The maximum atomic E-state index is 14.0. The van der Waals surface area contributed by atoms with Crippen molar-refractivity contribution in [1.82, 2.24) is 9.38 Å². The van der Waals surface area contributed by atoms with Crippen molar-refractivity contribution in [1.29, 1.82) is 0 Å². The van der Waals surface area contributed by atoms with Crippen LogP contribution in [0.25, 0.3) is 22.9 Å². The smallest absolute Gasteiger partial charge is 0.328 e. The third-order valence-corrected chi connectivity index (χ3v) is 6.56. The van der Waals surface area contributed by atoms with Gasteiger partial charge in [-0.2, -0.15) is 0 Å². The zero-order valence-corrected chi connectivity index (χ0v) is 18.9. The van der Waals surface area contributed by atoms with E-state index < -0.39 is 5.97 Å². The Labute approximate surface area is 197 Å². The van der Waals surface area contributed by atoms with E-state index in [4.69, 9.17) is 5.11 Å². The van der Waals surface area contributed by atoms with Crippen molar-refractivity contribution in [3.8, 4) is 0 Å². The number of benzene rings is 2. The summed E-state index contributed by atoms with van der Waals surface area (Å²) in [5.74, 6) is -0.813. The molecule has 0 atom stereocenters. The van der Waals surface area contributed by atoms with Gasteiger partial charge < -0.3 is 9.51 Å². The lowest BCUT2D eigenvalue weighted by Gasteiger charge is -2.32. The van der Waals surface area contributed by atoms with Gasteiger partial charge in [-0.25, -0.2) is 14.2 Å². The largest absolute Gasteiger partial charge is 0.478 e. The Morgan fingerprint density at radius 3 is 2.53 bits per heavy atom. The number of nitrogens with zero attached hydrogens (tertiary/aromatic N) is 2. The molecule has 5 heteroatoms. The number of hydrogen-bond acceptors (Lipinski definition) is 2. The van der Waals surface area contributed by atoms with Crippen LogP contribution >= 0.6 is 0 Å². The molecular formula is C29H25FN2O2. The quantitative estimate of drug-likeness (QED) is 0.264. The van der Waals surface area contributed by atoms with Gasteiger partial charge in [-0.15, -0.1) is 0 Å². The number of carbonyl (C=O) groups is 1. The van der Waals surface area contributed by atoms with Crippen LogP contribution in [-0.2, 0) is 4.79 Å². The molecule has 2 aromatic heterocycles. The molecule has 0 aliphatic heterocycles. The SMILES string of the molecule is Cc1cc(F)ccc1/C(=C(\c1ccc(/C=C/C(=O)O)cc1)c1ccc2nccn2c1)C1CCC1. The molecule has 1 saturated carbocycles. The monoisotopic (exact) mass is 452 g/mol. The van der Waals surface area contributed by atoms with Crippen molar-refractivity contribution < 1.29 is 14.3 Å². The Kier molecular flexibility index (Phi) is 5.84. The number of aryl methyl sites for hydroxylation is 1. The highest BCUT2D eigenvalue weighted by Crippen LogP contribution is 2.45. The van der Waals surface area contributed by atoms with Crippen molar-refractivity contribution >= 4 is 28.8 Å². The zero-order valence-electron chi connectivity index (χ0n) is 18.9. The van der Waals surface area contributed by atoms with E-state index in [-0.39, 0.29) is 5.82 Å². The second-order valence-electron chi connectivity index (χ2n) is 8.78. The third kappa shape index (κ3) is 4.29. The fourth-order valence-corrected chi connectivity index (χ4v) is 4.66. The molecule has 0 saturated heterocycles. The molecule has 0 amide bonds. The van der Waals surface area contributed by atoms with Gasteiger partial charge in [-0.1, -0.05) is 36.8 Å². The van der Waals surface area contributed by atoms with E-state index in [1.165, 1.54) is 18.1 Å². The zero-order chi connectivity index (χ0) is 23.7. The lowest BCUT2D eigenvalue weighted by Crippen LogP contribution is -2.16. The molecule has 0 radical (unpaired) electrons. The van der Waals surface area contributed by atoms with E-state index in [1.807, 2.05) is 53.9 Å². The minimum Gasteiger partial charge on any atom is -0.478 e. The van der Waals surface area contributed by atoms with Gasteiger partial charge in [0.15, 0.2) is 0 Å². The molecule has 1 fully saturated rings. The first-order chi connectivity index (χ1) is 16.5. The molecule has 2 heterocycles. The summed E-state index contributed by atoms with van der Waals surface area (Å²) < 4.78 is 16.0. The lowest BCUT2D eigenvalue weighted by atomic mass is 9.72. The van der Waals surface area contributed by atoms with Gasteiger partial charge in [-0.3, -0.25) is 0 Å². The average Bonchev–Trinajstić information content (AvgIpc) is 3.25. The van der Waals surface area contributed by atoms with Gasteiger partial charge in [0.1, 0.15) is 11.5 Å². The highest BCUT2D eigenvalue weighted by molar-refractivity contribution is 6.00. The molecule has 1 aliphatic rings. The van der Waals surface area contributed by atoms with Gasteiger partial charge in [0.25, 0.3) is 0 Å². The topological polar surface area (TPSA) is 54.6 Å². The summed E-state index contributed by atoms with van der Waals surface area (Å²) in [7, 11) is 0. The average molecular weight is 453 g/mol. The van der Waals surface area contributed by atoms with Crippen molar-refractivity contribution in [3.05, 3.63) is 113 Å². The first kappa shape index (κ1) is 21.8. The van der Waals surface area contributed by atoms with Crippen LogP contribution in [0.5, 0.6) is 0 Å². The van der Waals surface area contributed by atoms with Crippen LogP contribution < -0.4 is 0 Å². The van der Waals surface area contributed by atoms with Gasteiger partial charge >= 0.3 is 5.97 Å². The summed E-state index contributed by atoms with van der Waals surface area (Å²) in [5.41, 5.74) is 8.13. The molecular weight excluding hydrogens is 427 g/mol. The minimum absolute atomic E-state index is 0.231. The molecule has 0 bridgehead atoms. The number of fused-ring (bicyclic) bond motifs is 1. The predicted molar refractivity (Wildman–Crippen MR) is 133 cm³/mol. The highest BCUT2D eigenvalue weighted by atomic mass is 19.1. The molecule has 1 aliphatic carbocycles. The van der Waals surface area contributed by atoms with Crippen molar-refractivity contribution in [2.45, 2.75) is 26.2 Å². The highest BCUT2D eigenvalue weighted by Gasteiger charge is 2.28. The van der Waals surface area contributed by atoms with Crippen LogP contribution in [0.4, 0.5) is 4.39 Å². The fraction of sp³-hybridized carbons (Fsp3) is 0.172. The number of carboxylic acids is 1. The molecule has 2 aromatic carbocycles. The maximum absolute atomic E-state index is 14.0. The Balaban J connectivity index is 1.75. The second kappa shape index (κ2) is 9.10. The summed E-state index contributed by atoms with van der Waals surface area (Å²) >= 11 is 0. The number of carboxylic acid groups (broad SMARTS) is 1. The van der Waals surface area contributed by atoms with Crippen LogP contribution in [0.3, 0.4) is 0 Å². The van der Waals surface area contributed by atoms with E-state index in [1.54, 1.807) is 18.3 Å². The summed E-state index contributed by atoms with van der Waals surface area (Å²) in [6.45, 7) is 1.97. The number of pyridine rings is 1. The molecule has 0 spiro atoms. The van der Waals surface area contributed by atoms with Gasteiger partial charge in [-0.05, 0) is 95.0 Å². The van der Waals surface area contributed by atoms with Crippen molar-refractivity contribution in [2.75, 3.05) is 0 Å². The summed E-state index contributed by atoms with van der Waals surface area (Å²) in [4.78, 5) is 15.3. The van der Waals surface area contributed by atoms with Crippen LogP contribution in [0.1, 0.15) is 47.1 Å². The second-order valence-corrected chi connectivity index (χ2v) is 8.78. The van der Waals surface area contributed by atoms with E-state index in [0.29, 0.717) is 5.92 Å². The Morgan fingerprint density at radius 1 is 1.09 bits per heavy atom. The van der Waals surface area contributed by atoms with Gasteiger partial charge in [0, 0.05) is 24.7 Å². The molecule has 4 aromatic rings. The van der Waals surface area contributed by atoms with Crippen LogP contribution in [0.2, 0.25) is 0 Å². The predicted octanol–water partition coefficient (Wildman–Crippen LogP) is 6.64. The number of halogens is 1. The van der Waals surface area contributed by atoms with E-state index in [2.05, 4.69) is 17.2 Å². The molecule has 170 valence electrons. The maximum Gasteiger partial charge on any atom is 0.328 e. The number of aliphatic carboxylic acids is 1. The van der Waals surface area contributed by atoms with Crippen LogP contribution in [-0.4, -0.2) is 20.5 Å². The number of hydrogen-bond donors (Lipinski definition) is 1. The molecule has 5 rings (SSSR count). The Hall–Kier alpha value is -3.99. The third-order valence-electron chi connectivity index (χ3n) is 6.56. The van der Waals surface area contributed by atoms with Gasteiger partial charge in [0.05, 0.1) is 0 Å². The Morgan fingerprint density at radius 2 is 1.85 bits per heavy atom. The van der Waals surface area contributed by atoms with Gasteiger partial charge in [0.2, 0.25) is 0 Å². The van der Waals surface area contributed by atoms with Crippen molar-refractivity contribution in [3.63, 3.8) is 0 Å². The van der Waals surface area contributed by atoms with E-state index >= 15 is 0 Å². The van der Waals surface area contributed by atoms with Crippen LogP contribution in [0, 0.1) is 18.7 Å². The standard InChI is InChI=1S/C29H25FN2O2/c1-19-17-24(30)11-12-25(19)29(21-3-2-4-21)28(23-10-13-26-31-15-16-32(26)18-23)22-8-5-20(6-9-22)7-14-27(33)34/h5-18,21H,2-4H2,1H3,(H,33,34)/b14-7+,29-28+. The first-order valence-corrected chi connectivity index (χ1v) is 11.4. The number of aromatic nitrogens is 2. The van der Waals surface area contributed by atoms with E-state index in [9.17, 15) is 9.18 Å². The summed E-state index contributed by atoms with van der Waals surface area (Å²) in [6.07, 6.45) is 11.9. The number of imidazole rings is 1. The number of allylic oxidation sites excluding steroid dienone is 1. The minimum atomic E-state index is -0.975. The van der Waals surface area contributed by atoms with Crippen molar-refractivity contribution in [2.24, 2.45) is 5.92 Å². The van der Waals surface area contributed by atoms with Crippen LogP contribution in [0.15, 0.2) is 79.3 Å². The lowest BCUT2D eigenvalue weighted by molar-refractivity contribution is -0.131. The molecule has 34 heavy (non-hydrogen) atoms. The summed E-state index contributed by atoms with van der Waals surface area (Å²) in [5, 5.41) is 8.95. The first-order valence-electron chi connectivity index (χ1n) is 11.4. The van der Waals surface area contributed by atoms with E-state index in [0.717, 1.165) is 58.0 Å². The Bertz CT molecular complexity index is 1430. The normalized spacial score (nSPS) is 14.9. The molecule has 4 nitrogen and oxygen atoms in total. The fourth-order valence-electron chi connectivity index (χ4n) is 4.66. The molecule has 0 unspecified atom stereocenters. The number of rotatable bonds is 6.